The summed E-state index contributed by atoms with van der Waals surface area (Å²) in [5, 5.41) is 7.82. The Morgan fingerprint density at radius 3 is 2.67 bits per heavy atom. The summed E-state index contributed by atoms with van der Waals surface area (Å²) in [6.07, 6.45) is 3.34. The number of imidazole rings is 1. The zero-order valence-corrected chi connectivity index (χ0v) is 17.8. The van der Waals surface area contributed by atoms with Crippen molar-refractivity contribution in [2.75, 3.05) is 23.7 Å². The summed E-state index contributed by atoms with van der Waals surface area (Å²) >= 11 is 0. The van der Waals surface area contributed by atoms with E-state index < -0.39 is 0 Å². The SMILES string of the molecule is CC(C)N(CCNc1ncnc2nc(Nc3ccc4ncccc4c3)[nH]c12)C(C)C. The van der Waals surface area contributed by atoms with Crippen LogP contribution >= 0.6 is 0 Å². The molecule has 8 nitrogen and oxygen atoms in total. The lowest BCUT2D eigenvalue weighted by Crippen LogP contribution is -2.40. The molecule has 0 saturated heterocycles. The topological polar surface area (TPSA) is 94.7 Å². The first-order valence-electron chi connectivity index (χ1n) is 10.3. The van der Waals surface area contributed by atoms with Crippen molar-refractivity contribution in [3.63, 3.8) is 0 Å². The number of aromatic nitrogens is 5. The Morgan fingerprint density at radius 2 is 1.87 bits per heavy atom. The fraction of sp³-hybridized carbons (Fsp3) is 0.364. The quantitative estimate of drug-likeness (QED) is 0.406. The second-order valence-corrected chi connectivity index (χ2v) is 7.89. The lowest BCUT2D eigenvalue weighted by atomic mass is 10.2. The molecular formula is C22H28N8. The molecular weight excluding hydrogens is 376 g/mol. The van der Waals surface area contributed by atoms with Crippen molar-refractivity contribution in [2.24, 2.45) is 0 Å². The maximum Gasteiger partial charge on any atom is 0.207 e. The Hall–Kier alpha value is -3.26. The van der Waals surface area contributed by atoms with Crippen molar-refractivity contribution < 1.29 is 0 Å². The normalized spacial score (nSPS) is 11.8. The molecule has 3 aromatic heterocycles. The van der Waals surface area contributed by atoms with Crippen LogP contribution in [0.4, 0.5) is 17.5 Å². The zero-order chi connectivity index (χ0) is 21.1. The molecule has 0 unspecified atom stereocenters. The second-order valence-electron chi connectivity index (χ2n) is 7.89. The number of anilines is 3. The zero-order valence-electron chi connectivity index (χ0n) is 17.8. The maximum atomic E-state index is 4.56. The third kappa shape index (κ3) is 4.33. The van der Waals surface area contributed by atoms with Crippen LogP contribution in [0.3, 0.4) is 0 Å². The summed E-state index contributed by atoms with van der Waals surface area (Å²) in [4.78, 5) is 23.4. The number of hydrogen-bond acceptors (Lipinski definition) is 7. The van der Waals surface area contributed by atoms with Gasteiger partial charge in [-0.15, -0.1) is 0 Å². The molecule has 3 N–H and O–H groups in total. The Bertz CT molecular complexity index is 1130. The second kappa shape index (κ2) is 8.62. The molecule has 0 atom stereocenters. The van der Waals surface area contributed by atoms with E-state index >= 15 is 0 Å². The molecule has 8 heteroatoms. The van der Waals surface area contributed by atoms with E-state index in [2.05, 4.69) is 68.1 Å². The molecule has 0 aliphatic carbocycles. The van der Waals surface area contributed by atoms with Crippen LogP contribution < -0.4 is 10.6 Å². The molecule has 4 aromatic rings. The van der Waals surface area contributed by atoms with Gasteiger partial charge in [-0.3, -0.25) is 9.88 Å². The van der Waals surface area contributed by atoms with E-state index in [1.54, 1.807) is 12.5 Å². The number of hydrogen-bond donors (Lipinski definition) is 3. The molecule has 0 aliphatic rings. The number of rotatable bonds is 8. The molecule has 1 aromatic carbocycles. The van der Waals surface area contributed by atoms with Gasteiger partial charge in [0.25, 0.3) is 0 Å². The summed E-state index contributed by atoms with van der Waals surface area (Å²) in [7, 11) is 0. The van der Waals surface area contributed by atoms with E-state index in [9.17, 15) is 0 Å². The van der Waals surface area contributed by atoms with Gasteiger partial charge in [-0.2, -0.15) is 4.98 Å². The molecule has 156 valence electrons. The van der Waals surface area contributed by atoms with Crippen LogP contribution in [-0.4, -0.2) is 55.0 Å². The van der Waals surface area contributed by atoms with Crippen LogP contribution in [0.5, 0.6) is 0 Å². The molecule has 3 heterocycles. The minimum absolute atomic E-state index is 0.498. The van der Waals surface area contributed by atoms with Crippen LogP contribution in [0.15, 0.2) is 42.9 Å². The molecule has 0 fully saturated rings. The van der Waals surface area contributed by atoms with Gasteiger partial charge in [0.1, 0.15) is 11.8 Å². The predicted molar refractivity (Wildman–Crippen MR) is 122 cm³/mol. The molecule has 0 aliphatic heterocycles. The monoisotopic (exact) mass is 404 g/mol. The fourth-order valence-corrected chi connectivity index (χ4v) is 3.73. The molecule has 0 spiro atoms. The minimum atomic E-state index is 0.498. The molecule has 0 amide bonds. The highest BCUT2D eigenvalue weighted by molar-refractivity contribution is 5.86. The number of nitrogens with one attached hydrogen (secondary N) is 3. The van der Waals surface area contributed by atoms with Gasteiger partial charge < -0.3 is 15.6 Å². The van der Waals surface area contributed by atoms with Crippen molar-refractivity contribution in [3.8, 4) is 0 Å². The highest BCUT2D eigenvalue weighted by Gasteiger charge is 2.14. The standard InChI is InChI=1S/C22H28N8/c1-14(2)30(15(3)4)11-10-24-20-19-21(26-13-25-20)29-22(28-19)27-17-7-8-18-16(12-17)6-5-9-23-18/h5-9,12-15H,10-11H2,1-4H3,(H3,24,25,26,27,28,29). The van der Waals surface area contributed by atoms with E-state index in [0.29, 0.717) is 23.7 Å². The number of benzene rings is 1. The fourth-order valence-electron chi connectivity index (χ4n) is 3.73. The van der Waals surface area contributed by atoms with Gasteiger partial charge in [-0.25, -0.2) is 9.97 Å². The number of pyridine rings is 1. The highest BCUT2D eigenvalue weighted by Crippen LogP contribution is 2.23. The van der Waals surface area contributed by atoms with E-state index in [1.165, 1.54) is 0 Å². The average Bonchev–Trinajstić information content (AvgIpc) is 3.13. The Balaban J connectivity index is 1.50. The molecule has 0 bridgehead atoms. The molecule has 0 saturated carbocycles. The van der Waals surface area contributed by atoms with Gasteiger partial charge in [0, 0.05) is 42.4 Å². The van der Waals surface area contributed by atoms with E-state index in [4.69, 9.17) is 0 Å². The Morgan fingerprint density at radius 1 is 1.03 bits per heavy atom. The summed E-state index contributed by atoms with van der Waals surface area (Å²) in [5.74, 6) is 1.39. The van der Waals surface area contributed by atoms with Crippen molar-refractivity contribution >= 4 is 39.5 Å². The van der Waals surface area contributed by atoms with Gasteiger partial charge in [-0.05, 0) is 52.0 Å². The van der Waals surface area contributed by atoms with Crippen LogP contribution in [0.25, 0.3) is 22.1 Å². The van der Waals surface area contributed by atoms with E-state index in [-0.39, 0.29) is 0 Å². The third-order valence-electron chi connectivity index (χ3n) is 5.14. The van der Waals surface area contributed by atoms with Crippen molar-refractivity contribution in [3.05, 3.63) is 42.9 Å². The Kier molecular flexibility index (Phi) is 5.76. The van der Waals surface area contributed by atoms with Crippen molar-refractivity contribution in [1.29, 1.82) is 0 Å². The summed E-state index contributed by atoms with van der Waals surface area (Å²) in [6.45, 7) is 10.6. The third-order valence-corrected chi connectivity index (χ3v) is 5.14. The van der Waals surface area contributed by atoms with Gasteiger partial charge in [-0.1, -0.05) is 6.07 Å². The first-order valence-corrected chi connectivity index (χ1v) is 10.3. The maximum absolute atomic E-state index is 4.56. The van der Waals surface area contributed by atoms with Crippen LogP contribution in [0.1, 0.15) is 27.7 Å². The first-order chi connectivity index (χ1) is 14.5. The van der Waals surface area contributed by atoms with Gasteiger partial charge in [0.05, 0.1) is 5.52 Å². The summed E-state index contributed by atoms with van der Waals surface area (Å²) < 4.78 is 0. The predicted octanol–water partition coefficient (Wildman–Crippen LogP) is 4.18. The minimum Gasteiger partial charge on any atom is -0.367 e. The lowest BCUT2D eigenvalue weighted by molar-refractivity contribution is 0.182. The van der Waals surface area contributed by atoms with Gasteiger partial charge in [0.2, 0.25) is 5.95 Å². The van der Waals surface area contributed by atoms with Crippen LogP contribution in [-0.2, 0) is 0 Å². The number of nitrogens with zero attached hydrogens (tertiary/aromatic N) is 5. The van der Waals surface area contributed by atoms with Crippen LogP contribution in [0.2, 0.25) is 0 Å². The number of H-pyrrole nitrogens is 1. The number of fused-ring (bicyclic) bond motifs is 2. The number of aromatic amines is 1. The Labute approximate surface area is 176 Å². The molecule has 30 heavy (non-hydrogen) atoms. The summed E-state index contributed by atoms with van der Waals surface area (Å²) in [5.41, 5.74) is 3.31. The van der Waals surface area contributed by atoms with Gasteiger partial charge in [0.15, 0.2) is 11.5 Å². The average molecular weight is 405 g/mol. The van der Waals surface area contributed by atoms with Gasteiger partial charge >= 0.3 is 0 Å². The highest BCUT2D eigenvalue weighted by atomic mass is 15.2. The van der Waals surface area contributed by atoms with Crippen LogP contribution in [0, 0.1) is 0 Å². The van der Waals surface area contributed by atoms with E-state index in [0.717, 1.165) is 41.0 Å². The van der Waals surface area contributed by atoms with Crippen molar-refractivity contribution in [1.82, 2.24) is 29.8 Å². The largest absolute Gasteiger partial charge is 0.367 e. The summed E-state index contributed by atoms with van der Waals surface area (Å²) in [6, 6.07) is 11.0. The first kappa shape index (κ1) is 20.0. The lowest BCUT2D eigenvalue weighted by Gasteiger charge is -2.30. The molecule has 0 radical (unpaired) electrons. The van der Waals surface area contributed by atoms with E-state index in [1.807, 2.05) is 30.3 Å². The smallest absolute Gasteiger partial charge is 0.207 e. The molecule has 4 rings (SSSR count). The van der Waals surface area contributed by atoms with Crippen molar-refractivity contribution in [2.45, 2.75) is 39.8 Å².